The van der Waals surface area contributed by atoms with Gasteiger partial charge >= 0.3 is 5.97 Å². The van der Waals surface area contributed by atoms with Gasteiger partial charge in [-0.2, -0.15) is 0 Å². The second-order valence-corrected chi connectivity index (χ2v) is 14.4. The average molecular weight is 608 g/mol. The molecule has 1 atom stereocenters. The predicted octanol–water partition coefficient (Wildman–Crippen LogP) is 7.44. The van der Waals surface area contributed by atoms with Gasteiger partial charge in [-0.3, -0.25) is 9.97 Å². The molecular weight excluding hydrogens is 562 g/mol. The van der Waals surface area contributed by atoms with Crippen LogP contribution in [0, 0.1) is 19.3 Å². The Morgan fingerprint density at radius 1 is 0.933 bits per heavy atom. The SMILES string of the molecule is Cc1nc(C)c(C(OC(C)(C)C)C(=O)O)c(N2CCC(C)(C)CC2)c1-c1ccc2c(c1)CCN(c1cnc3ccccc3n1)C2. The number of aliphatic carboxylic acids is 1. The summed E-state index contributed by atoms with van der Waals surface area (Å²) in [5.41, 5.74) is 9.26. The van der Waals surface area contributed by atoms with Crippen LogP contribution in [0.3, 0.4) is 0 Å². The number of aromatic nitrogens is 3. The molecule has 6 rings (SSSR count). The van der Waals surface area contributed by atoms with Crippen LogP contribution in [0.1, 0.15) is 81.6 Å². The van der Waals surface area contributed by atoms with Crippen LogP contribution in [0.4, 0.5) is 11.5 Å². The lowest BCUT2D eigenvalue weighted by atomic mass is 9.81. The van der Waals surface area contributed by atoms with Crippen LogP contribution >= 0.6 is 0 Å². The molecule has 0 bridgehead atoms. The molecule has 4 aromatic rings. The summed E-state index contributed by atoms with van der Waals surface area (Å²) in [6.07, 6.45) is 3.68. The highest BCUT2D eigenvalue weighted by atomic mass is 16.5. The maximum Gasteiger partial charge on any atom is 0.337 e. The molecule has 0 spiro atoms. The lowest BCUT2D eigenvalue weighted by Crippen LogP contribution is -2.39. The van der Waals surface area contributed by atoms with E-state index < -0.39 is 17.7 Å². The fourth-order valence-electron chi connectivity index (χ4n) is 6.76. The number of rotatable bonds is 6. The van der Waals surface area contributed by atoms with Crippen molar-refractivity contribution in [3.8, 4) is 11.1 Å². The molecule has 1 fully saturated rings. The van der Waals surface area contributed by atoms with Crippen LogP contribution in [0.5, 0.6) is 0 Å². The second-order valence-electron chi connectivity index (χ2n) is 14.4. The van der Waals surface area contributed by atoms with E-state index in [1.54, 1.807) is 0 Å². The molecule has 0 aliphatic carbocycles. The topological polar surface area (TPSA) is 91.7 Å². The molecule has 8 nitrogen and oxygen atoms in total. The Morgan fingerprint density at radius 3 is 2.33 bits per heavy atom. The Balaban J connectivity index is 1.42. The molecule has 236 valence electrons. The van der Waals surface area contributed by atoms with Crippen LogP contribution in [-0.4, -0.2) is 51.3 Å². The third kappa shape index (κ3) is 6.39. The number of carboxylic acid groups (broad SMARTS) is 1. The summed E-state index contributed by atoms with van der Waals surface area (Å²) >= 11 is 0. The Hall–Kier alpha value is -4.04. The minimum absolute atomic E-state index is 0.245. The monoisotopic (exact) mass is 607 g/mol. The number of para-hydroxylation sites is 2. The molecule has 1 saturated heterocycles. The fourth-order valence-corrected chi connectivity index (χ4v) is 6.76. The van der Waals surface area contributed by atoms with Gasteiger partial charge in [0.05, 0.1) is 28.5 Å². The van der Waals surface area contributed by atoms with Crippen LogP contribution in [0.15, 0.2) is 48.7 Å². The van der Waals surface area contributed by atoms with Gasteiger partial charge in [0.1, 0.15) is 5.82 Å². The number of ether oxygens (including phenoxy) is 1. The summed E-state index contributed by atoms with van der Waals surface area (Å²) in [7, 11) is 0. The average Bonchev–Trinajstić information content (AvgIpc) is 2.98. The number of anilines is 2. The van der Waals surface area contributed by atoms with Crippen molar-refractivity contribution in [2.75, 3.05) is 29.4 Å². The summed E-state index contributed by atoms with van der Waals surface area (Å²) in [5, 5.41) is 10.5. The first-order valence-electron chi connectivity index (χ1n) is 16.1. The molecule has 2 aliphatic heterocycles. The molecule has 1 N–H and O–H groups in total. The molecule has 2 aromatic heterocycles. The van der Waals surface area contributed by atoms with Gasteiger partial charge in [0, 0.05) is 48.7 Å². The van der Waals surface area contributed by atoms with E-state index in [-0.39, 0.29) is 5.41 Å². The van der Waals surface area contributed by atoms with Crippen molar-refractivity contribution in [3.63, 3.8) is 0 Å². The van der Waals surface area contributed by atoms with E-state index in [9.17, 15) is 9.90 Å². The highest BCUT2D eigenvalue weighted by molar-refractivity contribution is 5.88. The fraction of sp³-hybridized carbons (Fsp3) is 0.459. The minimum Gasteiger partial charge on any atom is -0.479 e. The maximum atomic E-state index is 12.8. The Morgan fingerprint density at radius 2 is 1.64 bits per heavy atom. The number of hydrogen-bond acceptors (Lipinski definition) is 7. The third-order valence-electron chi connectivity index (χ3n) is 9.24. The molecule has 2 aromatic carbocycles. The van der Waals surface area contributed by atoms with Gasteiger partial charge < -0.3 is 19.6 Å². The van der Waals surface area contributed by atoms with Gasteiger partial charge in [0.25, 0.3) is 0 Å². The van der Waals surface area contributed by atoms with Gasteiger partial charge in [-0.1, -0.05) is 44.2 Å². The van der Waals surface area contributed by atoms with Crippen LogP contribution in [0.25, 0.3) is 22.2 Å². The number of fused-ring (bicyclic) bond motifs is 2. The van der Waals surface area contributed by atoms with Gasteiger partial charge in [-0.15, -0.1) is 0 Å². The first kappa shape index (κ1) is 31.0. The summed E-state index contributed by atoms with van der Waals surface area (Å²) in [5.74, 6) is -0.106. The van der Waals surface area contributed by atoms with E-state index in [4.69, 9.17) is 14.7 Å². The second kappa shape index (κ2) is 11.7. The van der Waals surface area contributed by atoms with Crippen molar-refractivity contribution in [3.05, 3.63) is 76.7 Å². The van der Waals surface area contributed by atoms with Crippen molar-refractivity contribution >= 4 is 28.5 Å². The summed E-state index contributed by atoms with van der Waals surface area (Å²) in [6.45, 7) is 17.6. The van der Waals surface area contributed by atoms with E-state index >= 15 is 0 Å². The van der Waals surface area contributed by atoms with Crippen molar-refractivity contribution < 1.29 is 14.6 Å². The third-order valence-corrected chi connectivity index (χ3v) is 9.24. The molecular formula is C37H45N5O3. The lowest BCUT2D eigenvalue weighted by molar-refractivity contribution is -0.160. The van der Waals surface area contributed by atoms with Gasteiger partial charge in [0.15, 0.2) is 6.10 Å². The normalized spacial score (nSPS) is 17.3. The zero-order valence-corrected chi connectivity index (χ0v) is 27.6. The van der Waals surface area contributed by atoms with Crippen molar-refractivity contribution in [2.24, 2.45) is 5.41 Å². The van der Waals surface area contributed by atoms with E-state index in [1.807, 2.05) is 65.1 Å². The summed E-state index contributed by atoms with van der Waals surface area (Å²) < 4.78 is 6.26. The Bertz CT molecular complexity index is 1750. The first-order valence-corrected chi connectivity index (χ1v) is 16.1. The molecule has 45 heavy (non-hydrogen) atoms. The number of carboxylic acids is 1. The Labute approximate surface area is 266 Å². The number of piperidine rings is 1. The molecule has 4 heterocycles. The minimum atomic E-state index is -1.13. The van der Waals surface area contributed by atoms with Crippen LogP contribution < -0.4 is 9.80 Å². The van der Waals surface area contributed by atoms with Gasteiger partial charge in [-0.05, 0) is 88.1 Å². The summed E-state index contributed by atoms with van der Waals surface area (Å²) in [4.78, 5) is 32.0. The van der Waals surface area contributed by atoms with Gasteiger partial charge in [-0.25, -0.2) is 9.78 Å². The van der Waals surface area contributed by atoms with Crippen LogP contribution in [-0.2, 0) is 22.5 Å². The zero-order chi connectivity index (χ0) is 32.1. The zero-order valence-electron chi connectivity index (χ0n) is 27.6. The first-order chi connectivity index (χ1) is 21.3. The molecule has 1 unspecified atom stereocenters. The highest BCUT2D eigenvalue weighted by Crippen LogP contribution is 2.45. The molecule has 0 saturated carbocycles. The highest BCUT2D eigenvalue weighted by Gasteiger charge is 2.36. The van der Waals surface area contributed by atoms with E-state index in [1.165, 1.54) is 11.1 Å². The van der Waals surface area contributed by atoms with Crippen molar-refractivity contribution in [2.45, 2.75) is 86.0 Å². The van der Waals surface area contributed by atoms with E-state index in [0.29, 0.717) is 11.3 Å². The largest absolute Gasteiger partial charge is 0.479 e. The quantitative estimate of drug-likeness (QED) is 0.242. The Kier molecular flexibility index (Phi) is 8.06. The number of hydrogen-bond donors (Lipinski definition) is 1. The number of carbonyl (C=O) groups is 1. The lowest BCUT2D eigenvalue weighted by Gasteiger charge is -2.41. The number of pyridine rings is 1. The molecule has 0 radical (unpaired) electrons. The van der Waals surface area contributed by atoms with E-state index in [2.05, 4.69) is 46.8 Å². The predicted molar refractivity (Wildman–Crippen MR) is 180 cm³/mol. The number of nitrogens with zero attached hydrogens (tertiary/aromatic N) is 5. The standard InChI is InChI=1S/C37H45N5O3/c1-23-31(26-12-13-27-22-42(17-14-25(27)20-26)30-21-38-28-10-8-9-11-29(28)40-30)33(41-18-15-37(6,7)16-19-41)32(24(2)39-23)34(35(43)44)45-36(3,4)5/h8-13,20-21,34H,14-19,22H2,1-7H3,(H,43,44). The molecule has 0 amide bonds. The van der Waals surface area contributed by atoms with E-state index in [0.717, 1.165) is 84.8 Å². The summed E-state index contributed by atoms with van der Waals surface area (Å²) in [6, 6.07) is 14.7. The van der Waals surface area contributed by atoms with Crippen molar-refractivity contribution in [1.29, 1.82) is 0 Å². The number of benzene rings is 2. The maximum absolute atomic E-state index is 12.8. The van der Waals surface area contributed by atoms with Gasteiger partial charge in [0.2, 0.25) is 0 Å². The molecule has 2 aliphatic rings. The molecule has 8 heteroatoms. The van der Waals surface area contributed by atoms with Crippen LogP contribution in [0.2, 0.25) is 0 Å². The van der Waals surface area contributed by atoms with Crippen molar-refractivity contribution in [1.82, 2.24) is 15.0 Å². The number of aryl methyl sites for hydroxylation is 2. The smallest absolute Gasteiger partial charge is 0.337 e.